The first kappa shape index (κ1) is 10.1. The molecule has 4 nitrogen and oxygen atoms in total. The van der Waals surface area contributed by atoms with E-state index in [1.54, 1.807) is 6.20 Å². The lowest BCUT2D eigenvalue weighted by Crippen LogP contribution is -2.54. The third-order valence-electron chi connectivity index (χ3n) is 3.09. The minimum absolute atomic E-state index is 0.0116. The molecule has 1 fully saturated rings. The highest BCUT2D eigenvalue weighted by Crippen LogP contribution is 2.43. The van der Waals surface area contributed by atoms with E-state index in [-0.39, 0.29) is 6.04 Å². The van der Waals surface area contributed by atoms with Crippen LogP contribution in [0, 0.1) is 6.92 Å². The number of nitrogens with zero attached hydrogens (tertiary/aromatic N) is 1. The van der Waals surface area contributed by atoms with Crippen LogP contribution >= 0.6 is 0 Å². The van der Waals surface area contributed by atoms with Crippen LogP contribution in [-0.2, 0) is 10.2 Å². The van der Waals surface area contributed by atoms with E-state index in [1.807, 2.05) is 19.1 Å². The number of nitrogens with two attached hydrogens (primary N) is 1. The van der Waals surface area contributed by atoms with Crippen LogP contribution in [-0.4, -0.2) is 22.1 Å². The maximum atomic E-state index is 11.3. The van der Waals surface area contributed by atoms with Gasteiger partial charge in [-0.3, -0.25) is 9.78 Å². The molecule has 0 aliphatic heterocycles. The lowest BCUT2D eigenvalue weighted by atomic mass is 9.63. The van der Waals surface area contributed by atoms with Crippen LogP contribution in [0.15, 0.2) is 18.3 Å². The van der Waals surface area contributed by atoms with Crippen molar-refractivity contribution in [3.05, 3.63) is 29.6 Å². The van der Waals surface area contributed by atoms with E-state index in [4.69, 9.17) is 5.73 Å². The van der Waals surface area contributed by atoms with Crippen LogP contribution in [0.5, 0.6) is 0 Å². The summed E-state index contributed by atoms with van der Waals surface area (Å²) >= 11 is 0. The highest BCUT2D eigenvalue weighted by molar-refractivity contribution is 5.82. The Bertz CT molecular complexity index is 397. The van der Waals surface area contributed by atoms with Crippen molar-refractivity contribution in [2.45, 2.75) is 31.2 Å². The Kier molecular flexibility index (Phi) is 2.23. The van der Waals surface area contributed by atoms with Gasteiger partial charge in [0, 0.05) is 12.2 Å². The molecule has 1 saturated carbocycles. The number of aromatic nitrogens is 1. The van der Waals surface area contributed by atoms with Gasteiger partial charge in [-0.2, -0.15) is 0 Å². The summed E-state index contributed by atoms with van der Waals surface area (Å²) < 4.78 is 0. The number of aryl methyl sites for hydroxylation is 1. The molecule has 1 aromatic heterocycles. The molecule has 0 aromatic carbocycles. The SMILES string of the molecule is Cc1cccnc1C1(C(=O)O)CC(N)C1. The minimum Gasteiger partial charge on any atom is -0.481 e. The maximum absolute atomic E-state index is 11.3. The molecular weight excluding hydrogens is 192 g/mol. The van der Waals surface area contributed by atoms with Crippen LogP contribution in [0.3, 0.4) is 0 Å². The van der Waals surface area contributed by atoms with Gasteiger partial charge in [0.15, 0.2) is 0 Å². The van der Waals surface area contributed by atoms with Crippen molar-refractivity contribution in [2.75, 3.05) is 0 Å². The molecule has 0 saturated heterocycles. The van der Waals surface area contributed by atoms with Crippen LogP contribution in [0.2, 0.25) is 0 Å². The lowest BCUT2D eigenvalue weighted by molar-refractivity contribution is -0.148. The van der Waals surface area contributed by atoms with Gasteiger partial charge in [-0.05, 0) is 31.4 Å². The highest BCUT2D eigenvalue weighted by Gasteiger charge is 2.52. The molecule has 0 bridgehead atoms. The summed E-state index contributed by atoms with van der Waals surface area (Å²) in [6.45, 7) is 1.89. The van der Waals surface area contributed by atoms with E-state index in [9.17, 15) is 9.90 Å². The quantitative estimate of drug-likeness (QED) is 0.751. The van der Waals surface area contributed by atoms with Gasteiger partial charge in [-0.1, -0.05) is 6.07 Å². The van der Waals surface area contributed by atoms with Crippen molar-refractivity contribution in [3.63, 3.8) is 0 Å². The van der Waals surface area contributed by atoms with Gasteiger partial charge >= 0.3 is 5.97 Å². The molecule has 4 heteroatoms. The number of carboxylic acid groups (broad SMARTS) is 1. The molecule has 0 amide bonds. The minimum atomic E-state index is -0.843. The van der Waals surface area contributed by atoms with Gasteiger partial charge in [0.25, 0.3) is 0 Å². The summed E-state index contributed by atoms with van der Waals surface area (Å²) in [6, 6.07) is 3.69. The number of carboxylic acids is 1. The second kappa shape index (κ2) is 3.31. The molecule has 0 unspecified atom stereocenters. The monoisotopic (exact) mass is 206 g/mol. The first-order valence-electron chi connectivity index (χ1n) is 4.97. The number of hydrogen-bond acceptors (Lipinski definition) is 3. The van der Waals surface area contributed by atoms with Crippen molar-refractivity contribution in [3.8, 4) is 0 Å². The Morgan fingerprint density at radius 2 is 2.33 bits per heavy atom. The zero-order valence-corrected chi connectivity index (χ0v) is 8.60. The fraction of sp³-hybridized carbons (Fsp3) is 0.455. The second-order valence-corrected chi connectivity index (χ2v) is 4.22. The number of carbonyl (C=O) groups is 1. The van der Waals surface area contributed by atoms with Crippen molar-refractivity contribution >= 4 is 5.97 Å². The van der Waals surface area contributed by atoms with Gasteiger partial charge in [0.2, 0.25) is 0 Å². The Labute approximate surface area is 88.1 Å². The largest absolute Gasteiger partial charge is 0.481 e. The fourth-order valence-electron chi connectivity index (χ4n) is 2.29. The first-order chi connectivity index (χ1) is 7.06. The summed E-state index contributed by atoms with van der Waals surface area (Å²) in [5.74, 6) is -0.814. The highest BCUT2D eigenvalue weighted by atomic mass is 16.4. The molecule has 1 heterocycles. The standard InChI is InChI=1S/C11H14N2O2/c1-7-3-2-4-13-9(7)11(10(14)15)5-8(12)6-11/h2-4,8H,5-6,12H2,1H3,(H,14,15). The molecule has 0 atom stereocenters. The molecule has 0 spiro atoms. The van der Waals surface area contributed by atoms with Gasteiger partial charge in [-0.15, -0.1) is 0 Å². The Morgan fingerprint density at radius 3 is 2.80 bits per heavy atom. The summed E-state index contributed by atoms with van der Waals surface area (Å²) in [4.78, 5) is 15.5. The zero-order chi connectivity index (χ0) is 11.1. The molecule has 15 heavy (non-hydrogen) atoms. The van der Waals surface area contributed by atoms with Gasteiger partial charge in [-0.25, -0.2) is 0 Å². The topological polar surface area (TPSA) is 76.2 Å². The normalized spacial score (nSPS) is 29.6. The van der Waals surface area contributed by atoms with Crippen LogP contribution in [0.25, 0.3) is 0 Å². The zero-order valence-electron chi connectivity index (χ0n) is 8.60. The van der Waals surface area contributed by atoms with E-state index in [2.05, 4.69) is 4.98 Å². The average molecular weight is 206 g/mol. The molecule has 1 aliphatic rings. The van der Waals surface area contributed by atoms with Crippen LogP contribution < -0.4 is 5.73 Å². The number of pyridine rings is 1. The molecule has 3 N–H and O–H groups in total. The van der Waals surface area contributed by atoms with E-state index in [0.29, 0.717) is 18.5 Å². The molecule has 2 rings (SSSR count). The maximum Gasteiger partial charge on any atom is 0.315 e. The smallest absolute Gasteiger partial charge is 0.315 e. The molecule has 0 radical (unpaired) electrons. The number of hydrogen-bond donors (Lipinski definition) is 2. The predicted octanol–water partition coefficient (Wildman–Crippen LogP) is 0.834. The Hall–Kier alpha value is -1.42. The summed E-state index contributed by atoms with van der Waals surface area (Å²) in [5.41, 5.74) is 6.43. The summed E-state index contributed by atoms with van der Waals surface area (Å²) in [5, 5.41) is 9.28. The van der Waals surface area contributed by atoms with E-state index >= 15 is 0 Å². The van der Waals surface area contributed by atoms with E-state index < -0.39 is 11.4 Å². The number of rotatable bonds is 2. The van der Waals surface area contributed by atoms with Gasteiger partial charge in [0.1, 0.15) is 5.41 Å². The Morgan fingerprint density at radius 1 is 1.67 bits per heavy atom. The third kappa shape index (κ3) is 1.41. The molecular formula is C11H14N2O2. The first-order valence-corrected chi connectivity index (χ1v) is 4.97. The van der Waals surface area contributed by atoms with Crippen LogP contribution in [0.4, 0.5) is 0 Å². The molecule has 80 valence electrons. The fourth-order valence-corrected chi connectivity index (χ4v) is 2.29. The van der Waals surface area contributed by atoms with Crippen molar-refractivity contribution < 1.29 is 9.90 Å². The lowest BCUT2D eigenvalue weighted by Gasteiger charge is -2.42. The van der Waals surface area contributed by atoms with Crippen molar-refractivity contribution in [1.29, 1.82) is 0 Å². The molecule has 1 aromatic rings. The Balaban J connectivity index is 2.43. The van der Waals surface area contributed by atoms with Crippen molar-refractivity contribution in [2.24, 2.45) is 5.73 Å². The third-order valence-corrected chi connectivity index (χ3v) is 3.09. The number of aliphatic carboxylic acids is 1. The van der Waals surface area contributed by atoms with E-state index in [1.165, 1.54) is 0 Å². The summed E-state index contributed by atoms with van der Waals surface area (Å²) in [6.07, 6.45) is 2.61. The van der Waals surface area contributed by atoms with Crippen LogP contribution in [0.1, 0.15) is 24.1 Å². The average Bonchev–Trinajstić information content (AvgIpc) is 2.13. The van der Waals surface area contributed by atoms with Gasteiger partial charge in [0.05, 0.1) is 5.69 Å². The summed E-state index contributed by atoms with van der Waals surface area (Å²) in [7, 11) is 0. The van der Waals surface area contributed by atoms with E-state index in [0.717, 1.165) is 5.56 Å². The van der Waals surface area contributed by atoms with Gasteiger partial charge < -0.3 is 10.8 Å². The second-order valence-electron chi connectivity index (χ2n) is 4.22. The van der Waals surface area contributed by atoms with Crippen molar-refractivity contribution in [1.82, 2.24) is 4.98 Å². The molecule has 1 aliphatic carbocycles. The predicted molar refractivity (Wildman–Crippen MR) is 55.5 cm³/mol.